The molecule has 1 aliphatic rings. The van der Waals surface area contributed by atoms with E-state index in [2.05, 4.69) is 20.8 Å². The predicted octanol–water partition coefficient (Wildman–Crippen LogP) is 3.63. The number of rotatable bonds is 2. The van der Waals surface area contributed by atoms with Crippen molar-refractivity contribution in [1.29, 1.82) is 0 Å². The van der Waals surface area contributed by atoms with Crippen molar-refractivity contribution in [3.63, 3.8) is 0 Å². The molecule has 0 aromatic heterocycles. The quantitative estimate of drug-likeness (QED) is 0.637. The van der Waals surface area contributed by atoms with E-state index in [4.69, 9.17) is 4.74 Å². The summed E-state index contributed by atoms with van der Waals surface area (Å²) in [5, 5.41) is 0. The fourth-order valence-electron chi connectivity index (χ4n) is 2.51. The lowest BCUT2D eigenvalue weighted by atomic mass is 9.77. The zero-order chi connectivity index (χ0) is 9.90. The largest absolute Gasteiger partial charge is 0.381 e. The molecule has 0 aromatic carbocycles. The van der Waals surface area contributed by atoms with E-state index in [1.165, 1.54) is 32.1 Å². The van der Waals surface area contributed by atoms with Gasteiger partial charge in [0.25, 0.3) is 0 Å². The van der Waals surface area contributed by atoms with Crippen molar-refractivity contribution in [3.05, 3.63) is 0 Å². The van der Waals surface area contributed by atoms with E-state index in [0.29, 0.717) is 11.5 Å². The first kappa shape index (κ1) is 11.0. The van der Waals surface area contributed by atoms with E-state index in [1.807, 2.05) is 7.11 Å². The monoisotopic (exact) mass is 184 g/mol. The van der Waals surface area contributed by atoms with Crippen molar-refractivity contribution in [3.8, 4) is 0 Å². The van der Waals surface area contributed by atoms with Crippen LogP contribution in [0.25, 0.3) is 0 Å². The average molecular weight is 184 g/mol. The molecule has 78 valence electrons. The first-order valence-corrected chi connectivity index (χ1v) is 5.54. The Kier molecular flexibility index (Phi) is 3.78. The summed E-state index contributed by atoms with van der Waals surface area (Å²) >= 11 is 0. The van der Waals surface area contributed by atoms with Crippen molar-refractivity contribution >= 4 is 0 Å². The molecule has 1 aliphatic carbocycles. The molecule has 1 rings (SSSR count). The van der Waals surface area contributed by atoms with Crippen molar-refractivity contribution in [2.24, 2.45) is 11.3 Å². The van der Waals surface area contributed by atoms with Crippen LogP contribution in [0.2, 0.25) is 0 Å². The minimum atomic E-state index is 0.486. The number of hydrogen-bond donors (Lipinski definition) is 0. The van der Waals surface area contributed by atoms with E-state index in [1.54, 1.807) is 0 Å². The van der Waals surface area contributed by atoms with Gasteiger partial charge in [0.2, 0.25) is 0 Å². The van der Waals surface area contributed by atoms with Gasteiger partial charge in [-0.2, -0.15) is 0 Å². The maximum absolute atomic E-state index is 5.44. The molecule has 1 saturated carbocycles. The van der Waals surface area contributed by atoms with Gasteiger partial charge in [-0.05, 0) is 30.6 Å². The molecule has 0 aliphatic heterocycles. The van der Waals surface area contributed by atoms with Gasteiger partial charge in [0, 0.05) is 7.11 Å². The molecule has 0 spiro atoms. The standard InChI is InChI=1S/C12H24O/c1-12(2,3)9-10-6-5-7-11(8-10)13-4/h10-11H,5-9H2,1-4H3. The van der Waals surface area contributed by atoms with Gasteiger partial charge in [-0.3, -0.25) is 0 Å². The molecule has 0 bridgehead atoms. The minimum Gasteiger partial charge on any atom is -0.381 e. The molecule has 1 heteroatoms. The van der Waals surface area contributed by atoms with E-state index in [0.717, 1.165) is 5.92 Å². The minimum absolute atomic E-state index is 0.486. The normalized spacial score (nSPS) is 30.5. The summed E-state index contributed by atoms with van der Waals surface area (Å²) in [6.07, 6.45) is 7.23. The zero-order valence-electron chi connectivity index (χ0n) is 9.60. The third-order valence-electron chi connectivity index (χ3n) is 2.97. The number of ether oxygens (including phenoxy) is 1. The molecule has 1 nitrogen and oxygen atoms in total. The van der Waals surface area contributed by atoms with Gasteiger partial charge in [-0.1, -0.05) is 33.6 Å². The van der Waals surface area contributed by atoms with Crippen LogP contribution in [0, 0.1) is 11.3 Å². The van der Waals surface area contributed by atoms with Crippen molar-refractivity contribution in [1.82, 2.24) is 0 Å². The van der Waals surface area contributed by atoms with Crippen LogP contribution < -0.4 is 0 Å². The zero-order valence-corrected chi connectivity index (χ0v) is 9.60. The molecule has 2 unspecified atom stereocenters. The van der Waals surface area contributed by atoms with Crippen LogP contribution in [0.15, 0.2) is 0 Å². The number of hydrogen-bond acceptors (Lipinski definition) is 1. The Labute approximate surface area is 82.9 Å². The van der Waals surface area contributed by atoms with Crippen LogP contribution >= 0.6 is 0 Å². The van der Waals surface area contributed by atoms with Crippen LogP contribution in [-0.4, -0.2) is 13.2 Å². The van der Waals surface area contributed by atoms with Gasteiger partial charge in [0.1, 0.15) is 0 Å². The van der Waals surface area contributed by atoms with Crippen molar-refractivity contribution in [2.45, 2.75) is 59.0 Å². The molecule has 1 fully saturated rings. The van der Waals surface area contributed by atoms with Gasteiger partial charge < -0.3 is 4.74 Å². The lowest BCUT2D eigenvalue weighted by Gasteiger charge is -2.32. The van der Waals surface area contributed by atoms with Crippen LogP contribution in [0.1, 0.15) is 52.9 Å². The number of methoxy groups -OCH3 is 1. The Morgan fingerprint density at radius 3 is 2.46 bits per heavy atom. The van der Waals surface area contributed by atoms with Crippen LogP contribution in [-0.2, 0) is 4.74 Å². The summed E-state index contributed by atoms with van der Waals surface area (Å²) in [4.78, 5) is 0. The summed E-state index contributed by atoms with van der Waals surface area (Å²) in [6.45, 7) is 7.01. The van der Waals surface area contributed by atoms with Gasteiger partial charge >= 0.3 is 0 Å². The maximum atomic E-state index is 5.44. The van der Waals surface area contributed by atoms with Gasteiger partial charge in [0.15, 0.2) is 0 Å². The Morgan fingerprint density at radius 2 is 1.92 bits per heavy atom. The molecule has 0 radical (unpaired) electrons. The van der Waals surface area contributed by atoms with E-state index >= 15 is 0 Å². The van der Waals surface area contributed by atoms with Crippen LogP contribution in [0.3, 0.4) is 0 Å². The molecular weight excluding hydrogens is 160 g/mol. The first-order valence-electron chi connectivity index (χ1n) is 5.54. The molecular formula is C12H24O. The fraction of sp³-hybridized carbons (Fsp3) is 1.00. The second kappa shape index (κ2) is 4.45. The first-order chi connectivity index (χ1) is 6.01. The lowest BCUT2D eigenvalue weighted by Crippen LogP contribution is -2.24. The molecule has 0 N–H and O–H groups in total. The van der Waals surface area contributed by atoms with Crippen molar-refractivity contribution in [2.75, 3.05) is 7.11 Å². The summed E-state index contributed by atoms with van der Waals surface area (Å²) in [5.41, 5.74) is 0.486. The predicted molar refractivity (Wildman–Crippen MR) is 56.8 cm³/mol. The Bertz CT molecular complexity index is 146. The third kappa shape index (κ3) is 4.12. The Morgan fingerprint density at radius 1 is 1.23 bits per heavy atom. The third-order valence-corrected chi connectivity index (χ3v) is 2.97. The summed E-state index contributed by atoms with van der Waals surface area (Å²) < 4.78 is 5.44. The fourth-order valence-corrected chi connectivity index (χ4v) is 2.51. The Hall–Kier alpha value is -0.0400. The SMILES string of the molecule is COC1CCCC(CC(C)(C)C)C1. The molecule has 0 saturated heterocycles. The van der Waals surface area contributed by atoms with E-state index in [-0.39, 0.29) is 0 Å². The topological polar surface area (TPSA) is 9.23 Å². The highest BCUT2D eigenvalue weighted by atomic mass is 16.5. The molecule has 0 amide bonds. The highest BCUT2D eigenvalue weighted by Gasteiger charge is 2.25. The second-order valence-electron chi connectivity index (χ2n) is 5.66. The summed E-state index contributed by atoms with van der Waals surface area (Å²) in [7, 11) is 1.85. The highest BCUT2D eigenvalue weighted by Crippen LogP contribution is 2.34. The van der Waals surface area contributed by atoms with Gasteiger partial charge in [0.05, 0.1) is 6.10 Å². The highest BCUT2D eigenvalue weighted by molar-refractivity contribution is 4.77. The maximum Gasteiger partial charge on any atom is 0.0574 e. The summed E-state index contributed by atoms with van der Waals surface area (Å²) in [5.74, 6) is 0.902. The van der Waals surface area contributed by atoms with Crippen LogP contribution in [0.5, 0.6) is 0 Å². The van der Waals surface area contributed by atoms with Gasteiger partial charge in [-0.25, -0.2) is 0 Å². The molecule has 0 heterocycles. The molecule has 2 atom stereocenters. The molecule has 0 aromatic rings. The van der Waals surface area contributed by atoms with E-state index < -0.39 is 0 Å². The lowest BCUT2D eigenvalue weighted by molar-refractivity contribution is 0.0418. The van der Waals surface area contributed by atoms with Crippen molar-refractivity contribution < 1.29 is 4.74 Å². The summed E-state index contributed by atoms with van der Waals surface area (Å²) in [6, 6.07) is 0. The molecule has 13 heavy (non-hydrogen) atoms. The average Bonchev–Trinajstić information content (AvgIpc) is 2.01. The van der Waals surface area contributed by atoms with Crippen LogP contribution in [0.4, 0.5) is 0 Å². The smallest absolute Gasteiger partial charge is 0.0574 e. The Balaban J connectivity index is 2.34. The van der Waals surface area contributed by atoms with E-state index in [9.17, 15) is 0 Å². The van der Waals surface area contributed by atoms with Gasteiger partial charge in [-0.15, -0.1) is 0 Å². The second-order valence-corrected chi connectivity index (χ2v) is 5.66.